The predicted molar refractivity (Wildman–Crippen MR) is 87.4 cm³/mol. The molecule has 0 radical (unpaired) electrons. The number of aliphatic carboxylic acids is 1. The van der Waals surface area contributed by atoms with Gasteiger partial charge in [-0.3, -0.25) is 18.6 Å². The lowest BCUT2D eigenvalue weighted by Crippen LogP contribution is -2.44. The molecular weight excluding hydrogens is 371 g/mol. The van der Waals surface area contributed by atoms with E-state index < -0.39 is 50.1 Å². The monoisotopic (exact) mass is 396 g/mol. The molecule has 150 valence electrons. The lowest BCUT2D eigenvalue weighted by molar-refractivity contribution is -0.141. The van der Waals surface area contributed by atoms with Crippen LogP contribution in [0, 0.1) is 5.41 Å². The molecule has 1 aliphatic rings. The average molecular weight is 396 g/mol. The van der Waals surface area contributed by atoms with Crippen molar-refractivity contribution in [3.05, 3.63) is 0 Å². The Morgan fingerprint density at radius 2 is 1.92 bits per heavy atom. The van der Waals surface area contributed by atoms with E-state index in [0.717, 1.165) is 0 Å². The Kier molecular flexibility index (Phi) is 8.20. The number of carboxylic acid groups (broad SMARTS) is 1. The van der Waals surface area contributed by atoms with Crippen molar-refractivity contribution in [1.82, 2.24) is 0 Å². The zero-order chi connectivity index (χ0) is 20.0. The molecule has 11 heteroatoms. The van der Waals surface area contributed by atoms with Crippen molar-refractivity contribution in [2.75, 3.05) is 13.4 Å². The van der Waals surface area contributed by atoms with E-state index in [0.29, 0.717) is 0 Å². The standard InChI is InChI=1S/C15H25O10P/c1-10(2)24-14(19)21-9-23-26(20)22-8-15(3,4)13(25-26)11(16)6-5-7-12(17)18/h10,13H,5-9H2,1-4H3,(H,17,18)/t13-,26+/m0/s1. The van der Waals surface area contributed by atoms with Crippen molar-refractivity contribution in [2.45, 2.75) is 59.2 Å². The average Bonchev–Trinajstić information content (AvgIpc) is 2.49. The van der Waals surface area contributed by atoms with Crippen LogP contribution in [0.3, 0.4) is 0 Å². The van der Waals surface area contributed by atoms with Gasteiger partial charge in [-0.15, -0.1) is 0 Å². The number of hydrogen-bond acceptors (Lipinski definition) is 9. The van der Waals surface area contributed by atoms with E-state index in [2.05, 4.69) is 4.74 Å². The number of ether oxygens (including phenoxy) is 2. The highest BCUT2D eigenvalue weighted by molar-refractivity contribution is 7.48. The molecule has 2 atom stereocenters. The summed E-state index contributed by atoms with van der Waals surface area (Å²) in [4.78, 5) is 34.1. The largest absolute Gasteiger partial charge is 0.510 e. The van der Waals surface area contributed by atoms with E-state index in [1.165, 1.54) is 0 Å². The van der Waals surface area contributed by atoms with Gasteiger partial charge in [0.05, 0.1) is 12.7 Å². The first-order chi connectivity index (χ1) is 11.9. The summed E-state index contributed by atoms with van der Waals surface area (Å²) in [7, 11) is -4.11. The first-order valence-electron chi connectivity index (χ1n) is 8.10. The van der Waals surface area contributed by atoms with Crippen LogP contribution in [0.25, 0.3) is 0 Å². The number of carbonyl (C=O) groups is 3. The van der Waals surface area contributed by atoms with Gasteiger partial charge >= 0.3 is 19.9 Å². The van der Waals surface area contributed by atoms with Gasteiger partial charge in [0.2, 0.25) is 6.79 Å². The molecule has 0 aromatic carbocycles. The second-order valence-corrected chi connectivity index (χ2v) is 8.34. The van der Waals surface area contributed by atoms with Crippen LogP contribution in [-0.2, 0) is 37.2 Å². The summed E-state index contributed by atoms with van der Waals surface area (Å²) in [5.74, 6) is -1.41. The molecule has 1 saturated heterocycles. The third kappa shape index (κ3) is 7.41. The Bertz CT molecular complexity index is 571. The van der Waals surface area contributed by atoms with Crippen LogP contribution in [0.1, 0.15) is 47.0 Å². The fourth-order valence-corrected chi connectivity index (χ4v) is 3.63. The normalized spacial score (nSPS) is 24.9. The molecule has 0 aromatic rings. The number of phosphoric acid groups is 1. The van der Waals surface area contributed by atoms with Crippen LogP contribution < -0.4 is 0 Å². The summed E-state index contributed by atoms with van der Waals surface area (Å²) in [6.07, 6.45) is -2.56. The number of Topliss-reactive ketones (excluding diaryl/α,β-unsaturated/α-hetero) is 1. The van der Waals surface area contributed by atoms with E-state index in [4.69, 9.17) is 23.4 Å². The molecule has 26 heavy (non-hydrogen) atoms. The third-order valence-corrected chi connectivity index (χ3v) is 4.70. The van der Waals surface area contributed by atoms with Crippen molar-refractivity contribution >= 4 is 25.7 Å². The molecule has 1 heterocycles. The first kappa shape index (κ1) is 22.6. The van der Waals surface area contributed by atoms with Crippen LogP contribution in [0.2, 0.25) is 0 Å². The number of carbonyl (C=O) groups excluding carboxylic acids is 2. The Morgan fingerprint density at radius 3 is 2.50 bits per heavy atom. The zero-order valence-electron chi connectivity index (χ0n) is 15.3. The molecule has 0 spiro atoms. The molecule has 0 bridgehead atoms. The van der Waals surface area contributed by atoms with Crippen LogP contribution >= 0.6 is 7.82 Å². The molecule has 1 N–H and O–H groups in total. The summed E-state index contributed by atoms with van der Waals surface area (Å²) in [6, 6.07) is 0. The molecule has 0 saturated carbocycles. The second-order valence-electron chi connectivity index (χ2n) is 6.72. The number of phosphoric ester groups is 1. The maximum Gasteiger partial charge on any atom is 0.510 e. The van der Waals surface area contributed by atoms with Gasteiger partial charge in [-0.1, -0.05) is 13.8 Å². The number of hydrogen-bond donors (Lipinski definition) is 1. The Morgan fingerprint density at radius 1 is 1.27 bits per heavy atom. The van der Waals surface area contributed by atoms with E-state index in [1.54, 1.807) is 27.7 Å². The minimum absolute atomic E-state index is 0.0440. The van der Waals surface area contributed by atoms with Crippen molar-refractivity contribution in [3.63, 3.8) is 0 Å². The Balaban J connectivity index is 2.60. The smallest absolute Gasteiger partial charge is 0.481 e. The predicted octanol–water partition coefficient (Wildman–Crippen LogP) is 2.90. The lowest BCUT2D eigenvalue weighted by Gasteiger charge is -2.39. The summed E-state index contributed by atoms with van der Waals surface area (Å²) in [6.45, 7) is 5.80. The van der Waals surface area contributed by atoms with Gasteiger partial charge in [-0.05, 0) is 20.3 Å². The topological polar surface area (TPSA) is 135 Å². The van der Waals surface area contributed by atoms with Gasteiger partial charge in [-0.25, -0.2) is 13.9 Å². The van der Waals surface area contributed by atoms with Gasteiger partial charge in [0.25, 0.3) is 0 Å². The van der Waals surface area contributed by atoms with Crippen LogP contribution in [0.4, 0.5) is 4.79 Å². The Labute approximate surface area is 151 Å². The van der Waals surface area contributed by atoms with E-state index in [9.17, 15) is 18.9 Å². The maximum atomic E-state index is 12.5. The Hall–Kier alpha value is -1.48. The van der Waals surface area contributed by atoms with Crippen molar-refractivity contribution in [1.29, 1.82) is 0 Å². The molecule has 0 unspecified atom stereocenters. The van der Waals surface area contributed by atoms with E-state index in [-0.39, 0.29) is 25.9 Å². The third-order valence-electron chi connectivity index (χ3n) is 3.36. The minimum Gasteiger partial charge on any atom is -0.481 e. The summed E-state index contributed by atoms with van der Waals surface area (Å²) >= 11 is 0. The highest BCUT2D eigenvalue weighted by Gasteiger charge is 2.48. The van der Waals surface area contributed by atoms with Gasteiger partial charge in [-0.2, -0.15) is 0 Å². The summed E-state index contributed by atoms with van der Waals surface area (Å²) in [5.41, 5.74) is -0.783. The number of ketones is 1. The zero-order valence-corrected chi connectivity index (χ0v) is 16.2. The van der Waals surface area contributed by atoms with Crippen molar-refractivity contribution < 1.29 is 47.1 Å². The second kappa shape index (κ2) is 9.45. The number of carboxylic acids is 1. The van der Waals surface area contributed by atoms with Crippen molar-refractivity contribution in [3.8, 4) is 0 Å². The molecule has 1 aliphatic heterocycles. The molecule has 10 nitrogen and oxygen atoms in total. The van der Waals surface area contributed by atoms with Gasteiger partial charge < -0.3 is 14.6 Å². The molecule has 1 fully saturated rings. The molecule has 1 rings (SSSR count). The molecule has 0 amide bonds. The van der Waals surface area contributed by atoms with Crippen LogP contribution in [0.15, 0.2) is 0 Å². The van der Waals surface area contributed by atoms with E-state index in [1.807, 2.05) is 0 Å². The fourth-order valence-electron chi connectivity index (χ4n) is 2.10. The van der Waals surface area contributed by atoms with Crippen LogP contribution in [-0.4, -0.2) is 48.6 Å². The van der Waals surface area contributed by atoms with Crippen molar-refractivity contribution in [2.24, 2.45) is 5.41 Å². The SMILES string of the molecule is CC(C)OC(=O)OCO[P@@]1(=O)OCC(C)(C)[C@H](C(=O)CCCC(=O)O)O1. The lowest BCUT2D eigenvalue weighted by atomic mass is 9.84. The van der Waals surface area contributed by atoms with Gasteiger partial charge in [0, 0.05) is 18.3 Å². The highest BCUT2D eigenvalue weighted by atomic mass is 31.2. The summed E-state index contributed by atoms with van der Waals surface area (Å²) in [5, 5.41) is 8.64. The fraction of sp³-hybridized carbons (Fsp3) is 0.800. The first-order valence-corrected chi connectivity index (χ1v) is 9.57. The van der Waals surface area contributed by atoms with Crippen LogP contribution in [0.5, 0.6) is 0 Å². The molecular formula is C15H25O10P. The highest BCUT2D eigenvalue weighted by Crippen LogP contribution is 2.57. The van der Waals surface area contributed by atoms with Gasteiger partial charge in [0.1, 0.15) is 6.10 Å². The van der Waals surface area contributed by atoms with Gasteiger partial charge in [0.15, 0.2) is 5.78 Å². The molecule has 0 aliphatic carbocycles. The maximum absolute atomic E-state index is 12.5. The summed E-state index contributed by atoms with van der Waals surface area (Å²) < 4.78 is 37.0. The number of rotatable bonds is 9. The minimum atomic E-state index is -4.11. The molecule has 0 aromatic heterocycles. The quantitative estimate of drug-likeness (QED) is 0.352. The van der Waals surface area contributed by atoms with E-state index >= 15 is 0 Å².